The van der Waals surface area contributed by atoms with Crippen LogP contribution in [0.3, 0.4) is 0 Å². The van der Waals surface area contributed by atoms with Crippen LogP contribution in [0.25, 0.3) is 0 Å². The average molecular weight is 286 g/mol. The molecule has 110 valence electrons. The number of nitrogens with zero attached hydrogens (tertiary/aromatic N) is 2. The van der Waals surface area contributed by atoms with Crippen molar-refractivity contribution >= 4 is 11.4 Å². The van der Waals surface area contributed by atoms with Gasteiger partial charge in [0.05, 0.1) is 25.1 Å². The van der Waals surface area contributed by atoms with Gasteiger partial charge in [0.1, 0.15) is 17.3 Å². The third-order valence-corrected chi connectivity index (χ3v) is 2.87. The molecule has 0 saturated heterocycles. The SMILES string of the molecule is COc1ccc(C2=NCC=C(N)N=C2/C=C(/C)N)c(O)c1. The van der Waals surface area contributed by atoms with Crippen molar-refractivity contribution in [1.29, 1.82) is 0 Å². The van der Waals surface area contributed by atoms with Gasteiger partial charge in [-0.15, -0.1) is 0 Å². The van der Waals surface area contributed by atoms with E-state index in [0.29, 0.717) is 40.8 Å². The van der Waals surface area contributed by atoms with E-state index in [1.165, 1.54) is 13.2 Å². The Labute approximate surface area is 123 Å². The van der Waals surface area contributed by atoms with Crippen LogP contribution in [0.5, 0.6) is 11.5 Å². The van der Waals surface area contributed by atoms with Crippen molar-refractivity contribution in [2.45, 2.75) is 6.92 Å². The summed E-state index contributed by atoms with van der Waals surface area (Å²) < 4.78 is 5.08. The van der Waals surface area contributed by atoms with Crippen LogP contribution in [0.15, 0.2) is 51.9 Å². The maximum Gasteiger partial charge on any atom is 0.128 e. The fourth-order valence-electron chi connectivity index (χ4n) is 1.93. The van der Waals surface area contributed by atoms with Crippen LogP contribution in [0, 0.1) is 0 Å². The molecule has 0 saturated carbocycles. The van der Waals surface area contributed by atoms with Gasteiger partial charge in [-0.3, -0.25) is 4.99 Å². The molecule has 0 bridgehead atoms. The summed E-state index contributed by atoms with van der Waals surface area (Å²) in [6.45, 7) is 2.13. The van der Waals surface area contributed by atoms with Gasteiger partial charge in [0, 0.05) is 17.3 Å². The minimum Gasteiger partial charge on any atom is -0.507 e. The smallest absolute Gasteiger partial charge is 0.128 e. The van der Waals surface area contributed by atoms with Crippen LogP contribution in [0.1, 0.15) is 12.5 Å². The van der Waals surface area contributed by atoms with E-state index in [4.69, 9.17) is 16.2 Å². The van der Waals surface area contributed by atoms with Gasteiger partial charge in [-0.05, 0) is 31.2 Å². The summed E-state index contributed by atoms with van der Waals surface area (Å²) in [5, 5.41) is 10.2. The molecule has 1 aliphatic heterocycles. The summed E-state index contributed by atoms with van der Waals surface area (Å²) in [5.41, 5.74) is 13.7. The lowest BCUT2D eigenvalue weighted by Gasteiger charge is -2.10. The van der Waals surface area contributed by atoms with E-state index in [-0.39, 0.29) is 5.75 Å². The lowest BCUT2D eigenvalue weighted by molar-refractivity contribution is 0.407. The molecule has 21 heavy (non-hydrogen) atoms. The van der Waals surface area contributed by atoms with E-state index < -0.39 is 0 Å². The van der Waals surface area contributed by atoms with Crippen molar-refractivity contribution in [3.8, 4) is 11.5 Å². The van der Waals surface area contributed by atoms with E-state index in [9.17, 15) is 5.11 Å². The predicted octanol–water partition coefficient (Wildman–Crippen LogP) is 1.31. The molecule has 0 atom stereocenters. The number of allylic oxidation sites excluding steroid dienone is 2. The largest absolute Gasteiger partial charge is 0.507 e. The number of benzene rings is 1. The van der Waals surface area contributed by atoms with E-state index in [0.717, 1.165) is 0 Å². The molecule has 1 aliphatic rings. The summed E-state index contributed by atoms with van der Waals surface area (Å²) in [6, 6.07) is 5.00. The summed E-state index contributed by atoms with van der Waals surface area (Å²) in [7, 11) is 1.54. The lowest BCUT2D eigenvalue weighted by Crippen LogP contribution is -2.16. The summed E-state index contributed by atoms with van der Waals surface area (Å²) >= 11 is 0. The van der Waals surface area contributed by atoms with E-state index in [2.05, 4.69) is 9.98 Å². The highest BCUT2D eigenvalue weighted by atomic mass is 16.5. The number of phenols is 1. The summed E-state index contributed by atoms with van der Waals surface area (Å²) in [5.74, 6) is 0.991. The molecular weight excluding hydrogens is 268 g/mol. The molecule has 0 fully saturated rings. The number of aliphatic imine (C=N–C) groups is 2. The number of hydrogen-bond acceptors (Lipinski definition) is 6. The third-order valence-electron chi connectivity index (χ3n) is 2.87. The zero-order chi connectivity index (χ0) is 15.4. The molecule has 0 aromatic heterocycles. The number of phenolic OH excluding ortho intramolecular Hbond substituents is 1. The second-order valence-electron chi connectivity index (χ2n) is 4.59. The molecule has 0 amide bonds. The Hall–Kier alpha value is -2.76. The standard InChI is InChI=1S/C15H18N4O2/c1-9(16)7-12-15(18-6-5-14(17)19-12)11-4-3-10(21-2)8-13(11)20/h3-5,7-8,20H,6,16-17H2,1-2H3/b9-7-. The van der Waals surface area contributed by atoms with Gasteiger partial charge >= 0.3 is 0 Å². The van der Waals surface area contributed by atoms with Gasteiger partial charge in [-0.25, -0.2) is 4.99 Å². The zero-order valence-corrected chi connectivity index (χ0v) is 12.0. The van der Waals surface area contributed by atoms with Crippen molar-refractivity contribution in [3.05, 3.63) is 47.4 Å². The van der Waals surface area contributed by atoms with Crippen molar-refractivity contribution < 1.29 is 9.84 Å². The first-order valence-electron chi connectivity index (χ1n) is 6.41. The van der Waals surface area contributed by atoms with Crippen LogP contribution in [-0.2, 0) is 0 Å². The molecule has 5 N–H and O–H groups in total. The molecule has 1 heterocycles. The Kier molecular flexibility index (Phi) is 4.27. The van der Waals surface area contributed by atoms with Gasteiger partial charge < -0.3 is 21.3 Å². The van der Waals surface area contributed by atoms with E-state index in [1.807, 2.05) is 0 Å². The van der Waals surface area contributed by atoms with Gasteiger partial charge in [0.2, 0.25) is 0 Å². The number of nitrogens with two attached hydrogens (primary N) is 2. The topological polar surface area (TPSA) is 106 Å². The first-order chi connectivity index (χ1) is 10.0. The monoisotopic (exact) mass is 286 g/mol. The fraction of sp³-hybridized carbons (Fsp3) is 0.200. The lowest BCUT2D eigenvalue weighted by atomic mass is 10.0. The van der Waals surface area contributed by atoms with Crippen molar-refractivity contribution in [3.63, 3.8) is 0 Å². The highest BCUT2D eigenvalue weighted by Crippen LogP contribution is 2.25. The second kappa shape index (κ2) is 6.13. The number of ether oxygens (including phenoxy) is 1. The van der Waals surface area contributed by atoms with Crippen molar-refractivity contribution in [2.24, 2.45) is 21.5 Å². The predicted molar refractivity (Wildman–Crippen MR) is 83.7 cm³/mol. The number of rotatable bonds is 3. The summed E-state index contributed by atoms with van der Waals surface area (Å²) in [6.07, 6.45) is 3.38. The van der Waals surface area contributed by atoms with E-state index in [1.54, 1.807) is 31.2 Å². The first kappa shape index (κ1) is 14.6. The van der Waals surface area contributed by atoms with Crippen LogP contribution < -0.4 is 16.2 Å². The van der Waals surface area contributed by atoms with Crippen molar-refractivity contribution in [1.82, 2.24) is 0 Å². The van der Waals surface area contributed by atoms with Gasteiger partial charge in [-0.2, -0.15) is 0 Å². The summed E-state index contributed by atoms with van der Waals surface area (Å²) in [4.78, 5) is 8.71. The molecule has 1 aromatic carbocycles. The fourth-order valence-corrected chi connectivity index (χ4v) is 1.93. The minimum absolute atomic E-state index is 0.0596. The zero-order valence-electron chi connectivity index (χ0n) is 12.0. The number of aromatic hydroxyl groups is 1. The molecule has 6 nitrogen and oxygen atoms in total. The Bertz CT molecular complexity index is 668. The van der Waals surface area contributed by atoms with Gasteiger partial charge in [0.15, 0.2) is 0 Å². The molecule has 0 aliphatic carbocycles. The molecule has 0 unspecified atom stereocenters. The Morgan fingerprint density at radius 2 is 2.19 bits per heavy atom. The van der Waals surface area contributed by atoms with Crippen LogP contribution >= 0.6 is 0 Å². The second-order valence-corrected chi connectivity index (χ2v) is 4.59. The van der Waals surface area contributed by atoms with Gasteiger partial charge in [-0.1, -0.05) is 0 Å². The Morgan fingerprint density at radius 1 is 1.43 bits per heavy atom. The third kappa shape index (κ3) is 3.42. The number of hydrogen-bond donors (Lipinski definition) is 3. The van der Waals surface area contributed by atoms with Gasteiger partial charge in [0.25, 0.3) is 0 Å². The van der Waals surface area contributed by atoms with E-state index >= 15 is 0 Å². The highest BCUT2D eigenvalue weighted by molar-refractivity contribution is 6.52. The molecule has 1 aromatic rings. The first-order valence-corrected chi connectivity index (χ1v) is 6.41. The van der Waals surface area contributed by atoms with Crippen LogP contribution in [-0.4, -0.2) is 30.2 Å². The minimum atomic E-state index is 0.0596. The van der Waals surface area contributed by atoms with Crippen molar-refractivity contribution in [2.75, 3.05) is 13.7 Å². The number of methoxy groups -OCH3 is 1. The van der Waals surface area contributed by atoms with Crippen LogP contribution in [0.4, 0.5) is 0 Å². The molecule has 0 radical (unpaired) electrons. The Balaban J connectivity index is 2.52. The quantitative estimate of drug-likeness (QED) is 0.778. The molecule has 6 heteroatoms. The average Bonchev–Trinajstić information content (AvgIpc) is 2.59. The normalized spacial score (nSPS) is 15.7. The maximum absolute atomic E-state index is 10.2. The van der Waals surface area contributed by atoms with Crippen LogP contribution in [0.2, 0.25) is 0 Å². The molecule has 0 spiro atoms. The Morgan fingerprint density at radius 3 is 2.81 bits per heavy atom. The molecular formula is C15H18N4O2. The molecule has 2 rings (SSSR count). The highest BCUT2D eigenvalue weighted by Gasteiger charge is 2.16. The maximum atomic E-state index is 10.2.